The van der Waals surface area contributed by atoms with E-state index in [9.17, 15) is 4.39 Å². The van der Waals surface area contributed by atoms with E-state index >= 15 is 0 Å². The molecule has 6 aromatic rings. The molecule has 0 spiro atoms. The summed E-state index contributed by atoms with van der Waals surface area (Å²) in [5.74, 6) is 4.71. The van der Waals surface area contributed by atoms with E-state index in [-0.39, 0.29) is 6.67 Å². The predicted octanol–water partition coefficient (Wildman–Crippen LogP) is 9.36. The van der Waals surface area contributed by atoms with Crippen LogP contribution < -0.4 is 5.32 Å². The summed E-state index contributed by atoms with van der Waals surface area (Å²) in [7, 11) is 24.2. The summed E-state index contributed by atoms with van der Waals surface area (Å²) >= 11 is 0. The zero-order valence-corrected chi connectivity index (χ0v) is 82.4. The standard InChI is InChI=1S/C12H23FN2.C12H24N2.C11H22N2.C10H17N3.C10H20N2.C8H15N5.3C8H14N4.C7H13N5/c1-14-8-4-11(5-9-14)12-3-2-7-15(12)10-6-13;1-3-14-8-4-5-12(14)11-6-9-13(2)10-7-11;1-12-8-5-10(6-9-12)11-4-3-7-13(11)2;1-9-3-8-13(11-9)10-4-6-12(2)7-5-10;1-12-7-4-9(5-8-12)10-3-2-6-11-10;1-7-9-10-11-13(7)8-3-5-12(2)6-4-8;1-11-6-2-8(3-7-11)12-9-4-5-10-12;1-11-5-2-8(3-6-11)12-7-4-9-10-12;1-11-4-2-8(3-5-11)12-7-9-6-10-12;1-11-4-2-7(3-5-11)12-6-8-9-10-12/h11-12H,2-10H2,1H3;11-12H,3-10H2,1-2H3;10-11H,3-9H2,1-2H3;3,8,10H,4-7H2,1-2H3;9-11H,2-8H2,1H3;8H,3-6H2,1-2H3;4-5,8H,2-3,6-7H2,1H3;4,7-8H,2-3,5-6H2,1H3;6-8H,2-5H2,1H3;6-7H,2-5H2,1H3/t2*12-;;;;;;;;/m00......../s1. The first-order chi connectivity index (χ1) is 62.2. The molecule has 14 saturated heterocycles. The average Bonchev–Trinajstić information content (AvgIpc) is 1.71. The monoisotopic (exact) mass is 1790 g/mol. The predicted molar refractivity (Wildman–Crippen MR) is 510 cm³/mol. The fraction of sp³-hybridized carbons (Fsp3) is 0.883. The Kier molecular flexibility index (Phi) is 44.7. The number of piperidine rings is 10. The van der Waals surface area contributed by atoms with Crippen LogP contribution in [-0.2, 0) is 0 Å². The lowest BCUT2D eigenvalue weighted by atomic mass is 9.88. The van der Waals surface area contributed by atoms with Gasteiger partial charge in [0, 0.05) is 43.1 Å². The minimum Gasteiger partial charge on any atom is -0.314 e. The number of tetrazole rings is 2. The fourth-order valence-electron chi connectivity index (χ4n) is 22.2. The SMILES string of the molecule is CCN1CCC[C@H]1C1CCN(C)CC1.CN1CCC(C2CCCN2)CC1.CN1CCC(C2CCCN2C)CC1.CN1CCC([C@@H]2CCCN2CCF)CC1.CN1CCC(n2ccnn2)CC1.CN1CCC(n2cncn2)CC1.CN1CCC(n2cnnn2)CC1.CN1CCC(n2nccn2)CC1.Cc1ccn(C2CCN(C)CC2)n1.Cc1nnnn1C1CCN(C)CC1. The minimum atomic E-state index is -0.177. The Morgan fingerprint density at radius 3 is 1.17 bits per heavy atom. The smallest absolute Gasteiger partial charge is 0.148 e. The first kappa shape index (κ1) is 103. The summed E-state index contributed by atoms with van der Waals surface area (Å²) in [4.78, 5) is 37.4. The lowest BCUT2D eigenvalue weighted by molar-refractivity contribution is 0.120. The highest BCUT2D eigenvalue weighted by Gasteiger charge is 2.36. The molecule has 4 atom stereocenters. The number of nitrogens with zero attached hydrogens (tertiary/aromatic N) is 32. The number of hydrogen-bond donors (Lipinski definition) is 1. The van der Waals surface area contributed by atoms with E-state index in [1.165, 1.54) is 272 Å². The van der Waals surface area contributed by atoms with Crippen molar-refractivity contribution in [1.82, 2.24) is 164 Å². The molecule has 0 bridgehead atoms. The average molecular weight is 1790 g/mol. The van der Waals surface area contributed by atoms with E-state index < -0.39 is 0 Å². The van der Waals surface area contributed by atoms with Crippen molar-refractivity contribution in [2.45, 2.75) is 261 Å². The summed E-state index contributed by atoms with van der Waals surface area (Å²) in [5.41, 5.74) is 1.12. The molecule has 2 unspecified atom stereocenters. The molecule has 14 fully saturated rings. The third kappa shape index (κ3) is 34.2. The molecule has 724 valence electrons. The summed E-state index contributed by atoms with van der Waals surface area (Å²) in [5, 5.41) is 51.1. The van der Waals surface area contributed by atoms with Gasteiger partial charge in [0.15, 0.2) is 0 Å². The van der Waals surface area contributed by atoms with Crippen molar-refractivity contribution in [3.05, 3.63) is 67.6 Å². The number of alkyl halides is 1. The number of rotatable bonds is 13. The van der Waals surface area contributed by atoms with E-state index in [0.717, 1.165) is 125 Å². The van der Waals surface area contributed by atoms with E-state index in [1.807, 2.05) is 49.9 Å². The molecule has 20 rings (SSSR count). The van der Waals surface area contributed by atoms with Gasteiger partial charge in [0.25, 0.3) is 0 Å². The zero-order valence-electron chi connectivity index (χ0n) is 82.4. The summed E-state index contributed by atoms with van der Waals surface area (Å²) in [6, 6.07) is 8.78. The normalized spacial score (nSPS) is 26.1. The lowest BCUT2D eigenvalue weighted by Crippen LogP contribution is -2.42. The van der Waals surface area contributed by atoms with Gasteiger partial charge in [0.1, 0.15) is 31.5 Å². The van der Waals surface area contributed by atoms with Crippen LogP contribution in [0.5, 0.6) is 0 Å². The van der Waals surface area contributed by atoms with Crippen LogP contribution >= 0.6 is 0 Å². The van der Waals surface area contributed by atoms with Crippen molar-refractivity contribution in [1.29, 1.82) is 0 Å². The van der Waals surface area contributed by atoms with Crippen molar-refractivity contribution < 1.29 is 4.39 Å². The van der Waals surface area contributed by atoms with Crippen molar-refractivity contribution in [3.8, 4) is 0 Å². The number of likely N-dealkylation sites (tertiary alicyclic amines) is 13. The minimum absolute atomic E-state index is 0.177. The van der Waals surface area contributed by atoms with E-state index in [0.29, 0.717) is 48.8 Å². The molecule has 0 aliphatic carbocycles. The molecule has 14 aliphatic rings. The second kappa shape index (κ2) is 55.7. The molecule has 6 aromatic heterocycles. The van der Waals surface area contributed by atoms with Gasteiger partial charge in [0.05, 0.1) is 60.5 Å². The Hall–Kier alpha value is -5.86. The maximum Gasteiger partial charge on any atom is 0.148 e. The van der Waals surface area contributed by atoms with Gasteiger partial charge < -0.3 is 64.1 Å². The second-order valence-corrected chi connectivity index (χ2v) is 40.4. The molecule has 0 saturated carbocycles. The highest BCUT2D eigenvalue weighted by molar-refractivity contribution is 4.97. The highest BCUT2D eigenvalue weighted by Crippen LogP contribution is 2.35. The van der Waals surface area contributed by atoms with Crippen LogP contribution in [0.4, 0.5) is 4.39 Å². The first-order valence-electron chi connectivity index (χ1n) is 50.6. The Balaban J connectivity index is 0.000000138. The molecule has 33 nitrogen and oxygen atoms in total. The van der Waals surface area contributed by atoms with Gasteiger partial charge in [0.2, 0.25) is 0 Å². The Morgan fingerprint density at radius 2 is 0.781 bits per heavy atom. The fourth-order valence-corrected chi connectivity index (χ4v) is 22.2. The van der Waals surface area contributed by atoms with Crippen molar-refractivity contribution in [2.24, 2.45) is 23.7 Å². The van der Waals surface area contributed by atoms with Gasteiger partial charge in [-0.1, -0.05) is 12.1 Å². The Labute approximate surface area is 771 Å². The van der Waals surface area contributed by atoms with Crippen LogP contribution in [-0.4, -0.2) is 437 Å². The second-order valence-electron chi connectivity index (χ2n) is 40.4. The molecule has 34 heteroatoms. The molecule has 128 heavy (non-hydrogen) atoms. The maximum absolute atomic E-state index is 12.4. The number of aromatic nitrogens is 19. The number of hydrogen-bond acceptors (Lipinski definition) is 27. The van der Waals surface area contributed by atoms with Crippen molar-refractivity contribution in [2.75, 3.05) is 254 Å². The van der Waals surface area contributed by atoms with Crippen LogP contribution in [0.15, 0.2) is 56.0 Å². The molecule has 0 amide bonds. The molecule has 20 heterocycles. The highest BCUT2D eigenvalue weighted by atomic mass is 19.1. The quantitative estimate of drug-likeness (QED) is 0.113. The summed E-state index contributed by atoms with van der Waals surface area (Å²) in [6.07, 6.45) is 50.9. The van der Waals surface area contributed by atoms with Crippen LogP contribution in [0.25, 0.3) is 0 Å². The largest absolute Gasteiger partial charge is 0.314 e. The van der Waals surface area contributed by atoms with Crippen LogP contribution in [0, 0.1) is 37.5 Å². The van der Waals surface area contributed by atoms with Gasteiger partial charge in [-0.15, -0.1) is 15.3 Å². The van der Waals surface area contributed by atoms with Crippen LogP contribution in [0.3, 0.4) is 0 Å². The van der Waals surface area contributed by atoms with Crippen molar-refractivity contribution in [3.63, 3.8) is 0 Å². The van der Waals surface area contributed by atoms with Gasteiger partial charge in [-0.2, -0.15) is 25.2 Å². The molecule has 0 radical (unpaired) electrons. The maximum atomic E-state index is 12.4. The molecular formula is C94H176FN33. The third-order valence-corrected chi connectivity index (χ3v) is 30.9. The molecule has 0 aromatic carbocycles. The van der Waals surface area contributed by atoms with Gasteiger partial charge in [-0.05, 0) is 485 Å². The van der Waals surface area contributed by atoms with Crippen LogP contribution in [0.2, 0.25) is 0 Å². The molecule has 14 aliphatic heterocycles. The molecule has 1 N–H and O–H groups in total. The Bertz CT molecular complexity index is 3480. The topological polar surface area (TPSA) is 251 Å². The first-order valence-corrected chi connectivity index (χ1v) is 50.6. The summed E-state index contributed by atoms with van der Waals surface area (Å²) < 4.78 is 22.3. The van der Waals surface area contributed by atoms with Crippen molar-refractivity contribution >= 4 is 0 Å². The Morgan fingerprint density at radius 1 is 0.359 bits per heavy atom. The van der Waals surface area contributed by atoms with E-state index in [4.69, 9.17) is 0 Å². The van der Waals surface area contributed by atoms with E-state index in [2.05, 4.69) is 237 Å². The number of halogens is 1. The van der Waals surface area contributed by atoms with E-state index in [1.54, 1.807) is 31.2 Å². The van der Waals surface area contributed by atoms with Gasteiger partial charge in [-0.25, -0.2) is 28.1 Å². The number of aryl methyl sites for hydroxylation is 2. The zero-order chi connectivity index (χ0) is 90.4. The van der Waals surface area contributed by atoms with Gasteiger partial charge in [-0.3, -0.25) is 9.58 Å². The van der Waals surface area contributed by atoms with Gasteiger partial charge >= 0.3 is 0 Å². The number of nitrogens with one attached hydrogen (secondary N) is 1. The third-order valence-electron chi connectivity index (χ3n) is 30.9. The molecular weight excluding hydrogens is 1610 g/mol. The lowest BCUT2D eigenvalue weighted by Gasteiger charge is -2.36. The van der Waals surface area contributed by atoms with Crippen LogP contribution in [0.1, 0.15) is 234 Å². The summed E-state index contributed by atoms with van der Waals surface area (Å²) in [6.45, 7) is 37.4.